The highest BCUT2D eigenvalue weighted by molar-refractivity contribution is 7.91. The van der Waals surface area contributed by atoms with Crippen LogP contribution in [0.25, 0.3) is 0 Å². The molecule has 1 saturated heterocycles. The Bertz CT molecular complexity index is 608. The Morgan fingerprint density at radius 3 is 2.60 bits per heavy atom. The Kier molecular flexibility index (Phi) is 4.22. The van der Waals surface area contributed by atoms with Crippen LogP contribution in [0.4, 0.5) is 0 Å². The van der Waals surface area contributed by atoms with Crippen molar-refractivity contribution in [3.8, 4) is 0 Å². The maximum absolute atomic E-state index is 12.7. The summed E-state index contributed by atoms with van der Waals surface area (Å²) < 4.78 is 27.0. The molecule has 1 fully saturated rings. The van der Waals surface area contributed by atoms with Gasteiger partial charge in [-0.05, 0) is 31.2 Å². The lowest BCUT2D eigenvalue weighted by Crippen LogP contribution is -2.48. The van der Waals surface area contributed by atoms with Gasteiger partial charge in [0.25, 0.3) is 10.0 Å². The summed E-state index contributed by atoms with van der Waals surface area (Å²) in [4.78, 5) is 10.9. The summed E-state index contributed by atoms with van der Waals surface area (Å²) in [6.07, 6.45) is 1.01. The van der Waals surface area contributed by atoms with Crippen molar-refractivity contribution in [1.29, 1.82) is 0 Å². The first-order valence-electron chi connectivity index (χ1n) is 6.57. The molecule has 7 heteroatoms. The number of hydrogen-bond acceptors (Lipinski definition) is 4. The Morgan fingerprint density at radius 2 is 2.05 bits per heavy atom. The number of piperidine rings is 1. The third-order valence-electron chi connectivity index (χ3n) is 3.93. The van der Waals surface area contributed by atoms with E-state index in [9.17, 15) is 13.2 Å². The van der Waals surface area contributed by atoms with Crippen LogP contribution in [-0.4, -0.2) is 36.4 Å². The molecule has 20 heavy (non-hydrogen) atoms. The number of aromatic carboxylic acids is 1. The molecule has 0 amide bonds. The monoisotopic (exact) mass is 317 g/mol. The maximum Gasteiger partial charge on any atom is 0.336 e. The normalized spacial score (nSPS) is 28.4. The summed E-state index contributed by atoms with van der Waals surface area (Å²) in [6.45, 7) is 6.51. The zero-order valence-electron chi connectivity index (χ0n) is 11.7. The lowest BCUT2D eigenvalue weighted by Gasteiger charge is -2.39. The molecule has 1 aromatic heterocycles. The average molecular weight is 317 g/mol. The Balaban J connectivity index is 2.35. The van der Waals surface area contributed by atoms with Crippen LogP contribution in [0.5, 0.6) is 0 Å². The number of hydrogen-bond donors (Lipinski definition) is 1. The fourth-order valence-electron chi connectivity index (χ4n) is 2.66. The molecule has 0 saturated carbocycles. The van der Waals surface area contributed by atoms with Crippen molar-refractivity contribution in [3.05, 3.63) is 17.0 Å². The van der Waals surface area contributed by atoms with Crippen LogP contribution in [0.3, 0.4) is 0 Å². The predicted octanol–water partition coefficient (Wildman–Crippen LogP) is 2.50. The second kappa shape index (κ2) is 5.46. The third-order valence-corrected chi connectivity index (χ3v) is 7.30. The maximum atomic E-state index is 12.7. The first-order valence-corrected chi connectivity index (χ1v) is 8.89. The average Bonchev–Trinajstić information content (AvgIpc) is 2.83. The van der Waals surface area contributed by atoms with E-state index in [2.05, 4.69) is 6.92 Å². The largest absolute Gasteiger partial charge is 0.478 e. The lowest BCUT2D eigenvalue weighted by molar-refractivity contribution is 0.0697. The molecule has 1 aliphatic heterocycles. The first-order chi connectivity index (χ1) is 9.23. The van der Waals surface area contributed by atoms with Crippen LogP contribution in [0, 0.1) is 11.8 Å². The Morgan fingerprint density at radius 1 is 1.40 bits per heavy atom. The van der Waals surface area contributed by atoms with Gasteiger partial charge >= 0.3 is 5.97 Å². The van der Waals surface area contributed by atoms with Gasteiger partial charge in [0.15, 0.2) is 0 Å². The van der Waals surface area contributed by atoms with Gasteiger partial charge in [-0.15, -0.1) is 11.3 Å². The van der Waals surface area contributed by atoms with E-state index in [0.717, 1.165) is 17.8 Å². The molecule has 1 N–H and O–H groups in total. The van der Waals surface area contributed by atoms with Crippen LogP contribution in [0.1, 0.15) is 37.6 Å². The van der Waals surface area contributed by atoms with Gasteiger partial charge in [-0.1, -0.05) is 13.8 Å². The molecule has 1 aromatic rings. The Hall–Kier alpha value is -0.920. The molecule has 0 spiro atoms. The van der Waals surface area contributed by atoms with E-state index in [1.807, 2.05) is 13.8 Å². The second-order valence-corrected chi connectivity index (χ2v) is 8.62. The second-order valence-electron chi connectivity index (χ2n) is 5.59. The van der Waals surface area contributed by atoms with Crippen LogP contribution in [-0.2, 0) is 10.0 Å². The highest BCUT2D eigenvalue weighted by Gasteiger charge is 2.38. The first kappa shape index (κ1) is 15.5. The van der Waals surface area contributed by atoms with Gasteiger partial charge in [-0.25, -0.2) is 13.2 Å². The molecule has 0 bridgehead atoms. The minimum absolute atomic E-state index is 0.0272. The van der Waals surface area contributed by atoms with Gasteiger partial charge in [0.05, 0.1) is 5.56 Å². The molecular formula is C13H19NO4S2. The zero-order chi connectivity index (χ0) is 15.1. The van der Waals surface area contributed by atoms with Crippen LogP contribution >= 0.6 is 11.3 Å². The van der Waals surface area contributed by atoms with Crippen molar-refractivity contribution in [2.75, 3.05) is 6.54 Å². The van der Waals surface area contributed by atoms with Gasteiger partial charge in [0.1, 0.15) is 4.21 Å². The molecule has 0 radical (unpaired) electrons. The zero-order valence-corrected chi connectivity index (χ0v) is 13.4. The van der Waals surface area contributed by atoms with Gasteiger partial charge in [-0.2, -0.15) is 4.31 Å². The summed E-state index contributed by atoms with van der Waals surface area (Å²) >= 11 is 0.972. The lowest BCUT2D eigenvalue weighted by atomic mass is 9.88. The number of carbonyl (C=O) groups is 1. The summed E-state index contributed by atoms with van der Waals surface area (Å²) in [5.74, 6) is -0.488. The van der Waals surface area contributed by atoms with Gasteiger partial charge < -0.3 is 5.11 Å². The van der Waals surface area contributed by atoms with Crippen molar-refractivity contribution in [1.82, 2.24) is 4.31 Å². The van der Waals surface area contributed by atoms with E-state index in [1.165, 1.54) is 15.8 Å². The molecule has 2 rings (SSSR count). The van der Waals surface area contributed by atoms with Crippen LogP contribution in [0.15, 0.2) is 15.7 Å². The quantitative estimate of drug-likeness (QED) is 0.929. The van der Waals surface area contributed by atoms with Crippen molar-refractivity contribution >= 4 is 27.3 Å². The van der Waals surface area contributed by atoms with E-state index in [1.54, 1.807) is 0 Å². The molecule has 112 valence electrons. The number of carboxylic acids is 1. The number of nitrogens with zero attached hydrogens (tertiary/aromatic N) is 1. The van der Waals surface area contributed by atoms with Crippen LogP contribution in [0.2, 0.25) is 0 Å². The minimum Gasteiger partial charge on any atom is -0.478 e. The van der Waals surface area contributed by atoms with Crippen molar-refractivity contribution in [3.63, 3.8) is 0 Å². The number of thiophene rings is 1. The van der Waals surface area contributed by atoms with Gasteiger partial charge in [0.2, 0.25) is 0 Å². The molecule has 3 atom stereocenters. The van der Waals surface area contributed by atoms with Crippen LogP contribution < -0.4 is 0 Å². The summed E-state index contributed by atoms with van der Waals surface area (Å²) in [5.41, 5.74) is 0.0272. The van der Waals surface area contributed by atoms with E-state index in [-0.39, 0.29) is 15.8 Å². The van der Waals surface area contributed by atoms with E-state index < -0.39 is 16.0 Å². The van der Waals surface area contributed by atoms with E-state index in [4.69, 9.17) is 5.11 Å². The molecule has 5 nitrogen and oxygen atoms in total. The van der Waals surface area contributed by atoms with Crippen molar-refractivity contribution < 1.29 is 18.3 Å². The van der Waals surface area contributed by atoms with Gasteiger partial charge in [-0.3, -0.25) is 0 Å². The fourth-order valence-corrected chi connectivity index (χ4v) is 5.79. The van der Waals surface area contributed by atoms with E-state index in [0.29, 0.717) is 18.4 Å². The number of sulfonamides is 1. The topological polar surface area (TPSA) is 74.7 Å². The predicted molar refractivity (Wildman–Crippen MR) is 77.6 cm³/mol. The van der Waals surface area contributed by atoms with Gasteiger partial charge in [0, 0.05) is 18.0 Å². The molecular weight excluding hydrogens is 298 g/mol. The number of rotatable bonds is 3. The van der Waals surface area contributed by atoms with E-state index >= 15 is 0 Å². The van der Waals surface area contributed by atoms with Crippen molar-refractivity contribution in [2.45, 2.75) is 37.4 Å². The summed E-state index contributed by atoms with van der Waals surface area (Å²) in [5, 5.41) is 10.3. The molecule has 1 aliphatic rings. The fraction of sp³-hybridized carbons (Fsp3) is 0.615. The highest BCUT2D eigenvalue weighted by Crippen LogP contribution is 2.33. The van der Waals surface area contributed by atoms with Crippen molar-refractivity contribution in [2.24, 2.45) is 11.8 Å². The summed E-state index contributed by atoms with van der Waals surface area (Å²) in [7, 11) is -3.60. The number of carboxylic acid groups (broad SMARTS) is 1. The standard InChI is InChI=1S/C13H19NO4S2/c1-8-4-9(2)10(3)14(6-8)20(17,18)12-5-11(7-19-12)13(15)16/h5,7-10H,4,6H2,1-3H3,(H,15,16). The smallest absolute Gasteiger partial charge is 0.336 e. The molecule has 3 unspecified atom stereocenters. The highest BCUT2D eigenvalue weighted by atomic mass is 32.2. The molecule has 2 heterocycles. The summed E-state index contributed by atoms with van der Waals surface area (Å²) in [6, 6.07) is 1.19. The minimum atomic E-state index is -3.60. The molecule has 0 aromatic carbocycles. The SMILES string of the molecule is CC1CC(C)C(C)N(S(=O)(=O)c2cc(C(=O)O)cs2)C1. The molecule has 0 aliphatic carbocycles. The Labute approximate surface area is 123 Å². The third kappa shape index (κ3) is 2.75.